The Morgan fingerprint density at radius 2 is 1.65 bits per heavy atom. The van der Waals surface area contributed by atoms with E-state index in [4.69, 9.17) is 9.47 Å². The SMILES string of the molecule is COC(=O)N1C2CCC(C3CCC(C4(O)COC4)CC3)CC2N(C(=O)C2CC2)C[C@@H]1C. The van der Waals surface area contributed by atoms with Crippen LogP contribution in [0.5, 0.6) is 0 Å². The van der Waals surface area contributed by atoms with Crippen LogP contribution in [0, 0.1) is 23.7 Å². The maximum atomic E-state index is 13.1. The third kappa shape index (κ3) is 3.86. The molecule has 4 atom stereocenters. The molecular formula is C24H38N2O5. The molecule has 5 fully saturated rings. The van der Waals surface area contributed by atoms with E-state index in [9.17, 15) is 14.7 Å². The van der Waals surface area contributed by atoms with E-state index in [-0.39, 0.29) is 30.1 Å². The minimum absolute atomic E-state index is 0.00571. The number of nitrogens with zero attached hydrogens (tertiary/aromatic N) is 2. The largest absolute Gasteiger partial charge is 0.453 e. The Morgan fingerprint density at radius 3 is 2.23 bits per heavy atom. The number of carbonyl (C=O) groups is 2. The van der Waals surface area contributed by atoms with E-state index >= 15 is 0 Å². The number of hydrogen-bond acceptors (Lipinski definition) is 5. The molecule has 7 nitrogen and oxygen atoms in total. The smallest absolute Gasteiger partial charge is 0.410 e. The molecule has 0 aromatic carbocycles. The maximum Gasteiger partial charge on any atom is 0.410 e. The van der Waals surface area contributed by atoms with Crippen LogP contribution < -0.4 is 0 Å². The van der Waals surface area contributed by atoms with Gasteiger partial charge in [-0.15, -0.1) is 0 Å². The molecule has 1 N–H and O–H groups in total. The van der Waals surface area contributed by atoms with Gasteiger partial charge < -0.3 is 19.5 Å². The van der Waals surface area contributed by atoms with Crippen molar-refractivity contribution in [2.45, 2.75) is 88.4 Å². The summed E-state index contributed by atoms with van der Waals surface area (Å²) in [5.41, 5.74) is -0.587. The van der Waals surface area contributed by atoms with Crippen LogP contribution in [0.15, 0.2) is 0 Å². The van der Waals surface area contributed by atoms with Crippen LogP contribution in [0.3, 0.4) is 0 Å². The number of ether oxygens (including phenoxy) is 2. The second kappa shape index (κ2) is 8.22. The van der Waals surface area contributed by atoms with Gasteiger partial charge in [0.2, 0.25) is 5.91 Å². The van der Waals surface area contributed by atoms with Gasteiger partial charge in [-0.2, -0.15) is 0 Å². The lowest BCUT2D eigenvalue weighted by molar-refractivity contribution is -0.214. The summed E-state index contributed by atoms with van der Waals surface area (Å²) in [4.78, 5) is 29.8. The van der Waals surface area contributed by atoms with Gasteiger partial charge in [0, 0.05) is 12.5 Å². The predicted molar refractivity (Wildman–Crippen MR) is 114 cm³/mol. The molecule has 3 unspecified atom stereocenters. The minimum atomic E-state index is -0.587. The van der Waals surface area contributed by atoms with Crippen LogP contribution in [0.4, 0.5) is 4.79 Å². The predicted octanol–water partition coefficient (Wildman–Crippen LogP) is 2.80. The van der Waals surface area contributed by atoms with Gasteiger partial charge in [0.25, 0.3) is 0 Å². The molecule has 0 bridgehead atoms. The lowest BCUT2D eigenvalue weighted by atomic mass is 9.65. The molecule has 2 heterocycles. The molecule has 2 amide bonds. The highest BCUT2D eigenvalue weighted by atomic mass is 16.5. The van der Waals surface area contributed by atoms with E-state index < -0.39 is 5.60 Å². The Kier molecular flexibility index (Phi) is 5.70. The zero-order valence-electron chi connectivity index (χ0n) is 19.0. The molecule has 3 saturated carbocycles. The third-order valence-electron chi connectivity index (χ3n) is 9.01. The quantitative estimate of drug-likeness (QED) is 0.739. The van der Waals surface area contributed by atoms with E-state index in [2.05, 4.69) is 4.90 Å². The zero-order valence-corrected chi connectivity index (χ0v) is 19.0. The fourth-order valence-electron chi connectivity index (χ4n) is 7.00. The Labute approximate surface area is 185 Å². The number of piperazine rings is 1. The molecule has 0 radical (unpaired) electrons. The first-order chi connectivity index (χ1) is 14.9. The maximum absolute atomic E-state index is 13.1. The van der Waals surface area contributed by atoms with Crippen molar-refractivity contribution in [1.29, 1.82) is 0 Å². The molecule has 7 heteroatoms. The summed E-state index contributed by atoms with van der Waals surface area (Å²) in [7, 11) is 1.46. The average Bonchev–Trinajstić information content (AvgIpc) is 3.61. The molecule has 2 saturated heterocycles. The second-order valence-electron chi connectivity index (χ2n) is 10.9. The van der Waals surface area contributed by atoms with E-state index in [1.165, 1.54) is 7.11 Å². The van der Waals surface area contributed by atoms with Crippen molar-refractivity contribution >= 4 is 12.0 Å². The molecule has 5 aliphatic rings. The lowest BCUT2D eigenvalue weighted by Crippen LogP contribution is -2.67. The fraction of sp³-hybridized carbons (Fsp3) is 0.917. The molecule has 174 valence electrons. The van der Waals surface area contributed by atoms with Crippen LogP contribution >= 0.6 is 0 Å². The summed E-state index contributed by atoms with van der Waals surface area (Å²) < 4.78 is 10.4. The standard InChI is InChI=1S/C24H38N2O5/c1-15-12-25(22(27)17-3-4-17)21-11-18(7-10-20(21)26(15)23(28)30-2)16-5-8-19(9-6-16)24(29)13-31-14-24/h15-21,29H,3-14H2,1-2H3/t15-,16?,18?,19?,20?,21?/m0/s1. The molecule has 0 aromatic heterocycles. The van der Waals surface area contributed by atoms with Gasteiger partial charge in [0.1, 0.15) is 5.60 Å². The van der Waals surface area contributed by atoms with Crippen LogP contribution in [0.2, 0.25) is 0 Å². The van der Waals surface area contributed by atoms with Gasteiger partial charge in [0.05, 0.1) is 38.4 Å². The van der Waals surface area contributed by atoms with Gasteiger partial charge >= 0.3 is 6.09 Å². The normalized spacial score (nSPS) is 40.0. The number of aliphatic hydroxyl groups is 1. The Bertz CT molecular complexity index is 698. The number of hydrogen-bond donors (Lipinski definition) is 1. The van der Waals surface area contributed by atoms with Gasteiger partial charge in [-0.1, -0.05) is 0 Å². The van der Waals surface area contributed by atoms with Crippen molar-refractivity contribution in [3.63, 3.8) is 0 Å². The van der Waals surface area contributed by atoms with E-state index in [1.54, 1.807) is 0 Å². The van der Waals surface area contributed by atoms with Crippen LogP contribution in [-0.4, -0.2) is 77.5 Å². The Hall–Kier alpha value is -1.34. The summed E-state index contributed by atoms with van der Waals surface area (Å²) in [6, 6.07) is 0.178. The topological polar surface area (TPSA) is 79.3 Å². The Balaban J connectivity index is 1.28. The van der Waals surface area contributed by atoms with Crippen molar-refractivity contribution < 1.29 is 24.2 Å². The van der Waals surface area contributed by atoms with E-state index in [0.717, 1.165) is 57.8 Å². The van der Waals surface area contributed by atoms with Crippen LogP contribution in [0.1, 0.15) is 64.7 Å². The van der Waals surface area contributed by atoms with Gasteiger partial charge in [-0.3, -0.25) is 9.69 Å². The molecule has 0 spiro atoms. The number of carbonyl (C=O) groups excluding carboxylic acids is 2. The number of fused-ring (bicyclic) bond motifs is 1. The van der Waals surface area contributed by atoms with E-state index in [1.807, 2.05) is 11.8 Å². The molecule has 31 heavy (non-hydrogen) atoms. The summed E-state index contributed by atoms with van der Waals surface area (Å²) in [6.07, 6.45) is 9.28. The van der Waals surface area contributed by atoms with Crippen molar-refractivity contribution in [1.82, 2.24) is 9.80 Å². The van der Waals surface area contributed by atoms with Crippen molar-refractivity contribution in [3.05, 3.63) is 0 Å². The van der Waals surface area contributed by atoms with Gasteiger partial charge in [-0.25, -0.2) is 4.79 Å². The van der Waals surface area contributed by atoms with Crippen molar-refractivity contribution in [2.75, 3.05) is 26.9 Å². The van der Waals surface area contributed by atoms with Crippen molar-refractivity contribution in [2.24, 2.45) is 23.7 Å². The summed E-state index contributed by atoms with van der Waals surface area (Å²) >= 11 is 0. The summed E-state index contributed by atoms with van der Waals surface area (Å²) in [6.45, 7) is 3.66. The zero-order chi connectivity index (χ0) is 21.8. The summed E-state index contributed by atoms with van der Waals surface area (Å²) in [5.74, 6) is 2.14. The van der Waals surface area contributed by atoms with Crippen LogP contribution in [0.25, 0.3) is 0 Å². The monoisotopic (exact) mass is 434 g/mol. The molecule has 0 aromatic rings. The highest BCUT2D eigenvalue weighted by Gasteiger charge is 2.51. The number of rotatable bonds is 3. The third-order valence-corrected chi connectivity index (χ3v) is 9.01. The fourth-order valence-corrected chi connectivity index (χ4v) is 7.00. The first kappa shape index (κ1) is 21.5. The average molecular weight is 435 g/mol. The molecular weight excluding hydrogens is 396 g/mol. The second-order valence-corrected chi connectivity index (χ2v) is 10.9. The van der Waals surface area contributed by atoms with Gasteiger partial charge in [0.15, 0.2) is 0 Å². The summed E-state index contributed by atoms with van der Waals surface area (Å²) in [5, 5.41) is 10.7. The highest BCUT2D eigenvalue weighted by molar-refractivity contribution is 5.82. The van der Waals surface area contributed by atoms with Crippen LogP contribution in [-0.2, 0) is 14.3 Å². The lowest BCUT2D eigenvalue weighted by Gasteiger charge is -2.55. The molecule has 5 rings (SSSR count). The van der Waals surface area contributed by atoms with Gasteiger partial charge in [-0.05, 0) is 82.5 Å². The Morgan fingerprint density at radius 1 is 0.968 bits per heavy atom. The molecule has 2 aliphatic heterocycles. The first-order valence-corrected chi connectivity index (χ1v) is 12.4. The minimum Gasteiger partial charge on any atom is -0.453 e. The van der Waals surface area contributed by atoms with E-state index in [0.29, 0.717) is 43.4 Å². The number of amides is 2. The molecule has 3 aliphatic carbocycles. The number of methoxy groups -OCH3 is 1. The highest BCUT2D eigenvalue weighted by Crippen LogP contribution is 2.47. The first-order valence-electron chi connectivity index (χ1n) is 12.4. The van der Waals surface area contributed by atoms with Crippen molar-refractivity contribution in [3.8, 4) is 0 Å².